The molecule has 8 heteroatoms. The average molecular weight is 433 g/mol. The number of rotatable bonds is 3. The minimum absolute atomic E-state index is 0.00399. The van der Waals surface area contributed by atoms with Gasteiger partial charge in [-0.1, -0.05) is 6.42 Å². The first-order valence-corrected chi connectivity index (χ1v) is 10.5. The van der Waals surface area contributed by atoms with Crippen LogP contribution in [0.1, 0.15) is 50.7 Å². The quantitative estimate of drug-likeness (QED) is 0.734. The maximum atomic E-state index is 14.8. The number of aliphatic hydroxyl groups is 1. The molecule has 1 aromatic carbocycles. The molecule has 0 amide bonds. The third-order valence-electron chi connectivity index (χ3n) is 7.24. The van der Waals surface area contributed by atoms with Gasteiger partial charge in [-0.05, 0) is 58.8 Å². The minimum atomic E-state index is -1.94. The Morgan fingerprint density at radius 2 is 1.84 bits per heavy atom. The number of carbonyl (C=O) groups is 2. The molecular formula is C23H28FNO6. The molecule has 4 rings (SSSR count). The molecule has 1 N–H and O–H groups in total. The van der Waals surface area contributed by atoms with Crippen LogP contribution in [0.2, 0.25) is 0 Å². The van der Waals surface area contributed by atoms with Gasteiger partial charge in [0.05, 0.1) is 12.5 Å². The molecule has 7 nitrogen and oxygen atoms in total. The van der Waals surface area contributed by atoms with E-state index in [0.717, 1.165) is 44.0 Å². The molecule has 1 spiro atoms. The monoisotopic (exact) mass is 433 g/mol. The van der Waals surface area contributed by atoms with Crippen LogP contribution in [-0.2, 0) is 30.5 Å². The predicted molar refractivity (Wildman–Crippen MR) is 109 cm³/mol. The number of likely N-dealkylation sites (tertiary alicyclic amines) is 1. The largest absolute Gasteiger partial charge is 0.493 e. The zero-order valence-corrected chi connectivity index (χ0v) is 18.2. The van der Waals surface area contributed by atoms with Crippen molar-refractivity contribution in [3.8, 4) is 5.75 Å². The van der Waals surface area contributed by atoms with Gasteiger partial charge in [0, 0.05) is 29.3 Å². The summed E-state index contributed by atoms with van der Waals surface area (Å²) in [7, 11) is 3.31. The fraction of sp³-hybridized carbons (Fsp3) is 0.565. The number of methoxy groups -OCH3 is 1. The predicted octanol–water partition coefficient (Wildman–Crippen LogP) is 2.75. The van der Waals surface area contributed by atoms with Crippen LogP contribution in [-0.4, -0.2) is 48.7 Å². The van der Waals surface area contributed by atoms with Crippen molar-refractivity contribution in [2.75, 3.05) is 20.7 Å². The second-order valence-electron chi connectivity index (χ2n) is 9.11. The Balaban J connectivity index is 1.96. The Labute approximate surface area is 180 Å². The van der Waals surface area contributed by atoms with Crippen molar-refractivity contribution in [3.05, 3.63) is 41.2 Å². The molecule has 1 aromatic rings. The molecule has 1 fully saturated rings. The average Bonchev–Trinajstić information content (AvgIpc) is 2.82. The fourth-order valence-corrected chi connectivity index (χ4v) is 5.34. The fourth-order valence-electron chi connectivity index (χ4n) is 5.34. The molecule has 2 aliphatic heterocycles. The maximum absolute atomic E-state index is 14.8. The summed E-state index contributed by atoms with van der Waals surface area (Å²) in [6.07, 6.45) is 5.13. The van der Waals surface area contributed by atoms with E-state index in [2.05, 4.69) is 4.90 Å². The van der Waals surface area contributed by atoms with Gasteiger partial charge in [0.1, 0.15) is 5.60 Å². The number of halogens is 1. The Morgan fingerprint density at radius 3 is 2.42 bits per heavy atom. The molecule has 2 atom stereocenters. The van der Waals surface area contributed by atoms with Gasteiger partial charge in [0.25, 0.3) is 5.79 Å². The lowest BCUT2D eigenvalue weighted by Crippen LogP contribution is -2.55. The lowest BCUT2D eigenvalue weighted by atomic mass is 9.68. The summed E-state index contributed by atoms with van der Waals surface area (Å²) in [6.45, 7) is 4.21. The Morgan fingerprint density at radius 1 is 1.19 bits per heavy atom. The van der Waals surface area contributed by atoms with E-state index < -0.39 is 34.6 Å². The summed E-state index contributed by atoms with van der Waals surface area (Å²) in [5.41, 5.74) is -2.70. The van der Waals surface area contributed by atoms with Crippen LogP contribution in [0.25, 0.3) is 0 Å². The van der Waals surface area contributed by atoms with Gasteiger partial charge in [-0.15, -0.1) is 0 Å². The van der Waals surface area contributed by atoms with Crippen molar-refractivity contribution in [1.82, 2.24) is 4.90 Å². The van der Waals surface area contributed by atoms with Crippen LogP contribution in [0.3, 0.4) is 0 Å². The number of piperidine rings is 1. The van der Waals surface area contributed by atoms with Gasteiger partial charge in [-0.3, -0.25) is 0 Å². The SMILES string of the molecule is COc1c(F)ccc2c1C(O)(CC1CCCCN1C)C(C)(C)C21OC(=O)C=CC(=O)O1. The van der Waals surface area contributed by atoms with E-state index in [1.54, 1.807) is 13.8 Å². The van der Waals surface area contributed by atoms with Crippen molar-refractivity contribution >= 4 is 11.9 Å². The van der Waals surface area contributed by atoms with Crippen LogP contribution < -0.4 is 4.74 Å². The third-order valence-corrected chi connectivity index (χ3v) is 7.24. The molecule has 3 aliphatic rings. The highest BCUT2D eigenvalue weighted by Gasteiger charge is 2.72. The summed E-state index contributed by atoms with van der Waals surface area (Å²) >= 11 is 0. The molecule has 1 aliphatic carbocycles. The lowest BCUT2D eigenvalue weighted by molar-refractivity contribution is -0.295. The molecule has 2 heterocycles. The van der Waals surface area contributed by atoms with Crippen molar-refractivity contribution < 1.29 is 33.3 Å². The van der Waals surface area contributed by atoms with Crippen LogP contribution in [0.4, 0.5) is 4.39 Å². The van der Waals surface area contributed by atoms with E-state index >= 15 is 0 Å². The van der Waals surface area contributed by atoms with Crippen LogP contribution in [0, 0.1) is 11.2 Å². The molecule has 0 saturated carbocycles. The third kappa shape index (κ3) is 2.99. The van der Waals surface area contributed by atoms with Gasteiger partial charge >= 0.3 is 11.9 Å². The van der Waals surface area contributed by atoms with Gasteiger partial charge in [-0.2, -0.15) is 0 Å². The number of esters is 2. The first-order chi connectivity index (χ1) is 14.6. The van der Waals surface area contributed by atoms with E-state index in [9.17, 15) is 19.1 Å². The summed E-state index contributed by atoms with van der Waals surface area (Å²) in [6, 6.07) is 2.56. The van der Waals surface area contributed by atoms with E-state index in [1.807, 2.05) is 7.05 Å². The molecule has 1 saturated heterocycles. The number of carbonyl (C=O) groups excluding carboxylic acids is 2. The van der Waals surface area contributed by atoms with Crippen LogP contribution in [0.5, 0.6) is 5.75 Å². The summed E-state index contributed by atoms with van der Waals surface area (Å²) in [5.74, 6) is -4.32. The maximum Gasteiger partial charge on any atom is 0.334 e. The molecule has 31 heavy (non-hydrogen) atoms. The zero-order chi connectivity index (χ0) is 22.6. The Kier molecular flexibility index (Phi) is 5.13. The standard InChI is InChI=1S/C23H28FNO6/c1-21(2)22(28,13-14-7-5-6-12-25(14)3)19-15(8-9-16(24)20(19)29-4)23(21)30-17(26)10-11-18(27)31-23/h8-11,14,28H,5-7,12-13H2,1-4H3. The smallest absolute Gasteiger partial charge is 0.334 e. The number of ether oxygens (including phenoxy) is 3. The van der Waals surface area contributed by atoms with Gasteiger partial charge < -0.3 is 24.2 Å². The number of hydrogen-bond donors (Lipinski definition) is 1. The molecule has 2 unspecified atom stereocenters. The highest BCUT2D eigenvalue weighted by molar-refractivity contribution is 5.93. The highest BCUT2D eigenvalue weighted by atomic mass is 19.1. The molecule has 168 valence electrons. The van der Waals surface area contributed by atoms with E-state index in [0.29, 0.717) is 0 Å². The van der Waals surface area contributed by atoms with Crippen molar-refractivity contribution in [3.63, 3.8) is 0 Å². The zero-order valence-electron chi connectivity index (χ0n) is 18.2. The van der Waals surface area contributed by atoms with E-state index in [4.69, 9.17) is 14.2 Å². The van der Waals surface area contributed by atoms with Crippen molar-refractivity contribution in [2.24, 2.45) is 5.41 Å². The number of nitrogens with zero attached hydrogens (tertiary/aromatic N) is 1. The number of hydrogen-bond acceptors (Lipinski definition) is 7. The Hall–Kier alpha value is -2.45. The first kappa shape index (κ1) is 21.8. The van der Waals surface area contributed by atoms with Crippen LogP contribution >= 0.6 is 0 Å². The summed E-state index contributed by atoms with van der Waals surface area (Å²) in [5, 5.41) is 12.3. The minimum Gasteiger partial charge on any atom is -0.493 e. The number of fused-ring (bicyclic) bond motifs is 2. The van der Waals surface area contributed by atoms with Gasteiger partial charge in [0.15, 0.2) is 11.6 Å². The Bertz CT molecular complexity index is 938. The molecule has 0 aromatic heterocycles. The first-order valence-electron chi connectivity index (χ1n) is 10.5. The summed E-state index contributed by atoms with van der Waals surface area (Å²) < 4.78 is 31.6. The highest BCUT2D eigenvalue weighted by Crippen LogP contribution is 2.66. The molecule has 0 bridgehead atoms. The van der Waals surface area contributed by atoms with Crippen molar-refractivity contribution in [2.45, 2.75) is 57.0 Å². The molecule has 0 radical (unpaired) electrons. The topological polar surface area (TPSA) is 85.3 Å². The lowest BCUT2D eigenvalue weighted by Gasteiger charge is -2.47. The van der Waals surface area contributed by atoms with Gasteiger partial charge in [-0.25, -0.2) is 14.0 Å². The van der Waals surface area contributed by atoms with E-state index in [-0.39, 0.29) is 29.3 Å². The van der Waals surface area contributed by atoms with Crippen molar-refractivity contribution in [1.29, 1.82) is 0 Å². The second kappa shape index (κ2) is 7.31. The van der Waals surface area contributed by atoms with Crippen LogP contribution in [0.15, 0.2) is 24.3 Å². The van der Waals surface area contributed by atoms with E-state index in [1.165, 1.54) is 13.2 Å². The van der Waals surface area contributed by atoms with Gasteiger partial charge in [0.2, 0.25) is 0 Å². The summed E-state index contributed by atoms with van der Waals surface area (Å²) in [4.78, 5) is 27.0. The number of benzene rings is 1. The normalized spacial score (nSPS) is 29.3. The second-order valence-corrected chi connectivity index (χ2v) is 9.11. The molecular weight excluding hydrogens is 405 g/mol.